The summed E-state index contributed by atoms with van der Waals surface area (Å²) in [6, 6.07) is 13.6. The largest absolute Gasteiger partial charge is 0.491 e. The number of aromatic nitrogens is 1. The first-order chi connectivity index (χ1) is 16.4. The molecule has 1 unspecified atom stereocenters. The second-order valence-corrected chi connectivity index (χ2v) is 10.2. The standard InChI is InChI=1S/C26H34N4O3S/c1-19-6-4-5-7-23(19)26(32)28(3)10-11-29-12-14-30(15-13-29)17-21(31)18-33-22-8-9-25-24(16-22)27-20(2)34-25/h4-9,16,21,31H,10-15,17-18H2,1-3H3. The van der Waals surface area contributed by atoms with Crippen molar-refractivity contribution in [2.24, 2.45) is 0 Å². The summed E-state index contributed by atoms with van der Waals surface area (Å²) in [5, 5.41) is 11.5. The molecule has 1 fully saturated rings. The van der Waals surface area contributed by atoms with Crippen molar-refractivity contribution >= 4 is 27.5 Å². The number of aliphatic hydroxyl groups excluding tert-OH is 1. The lowest BCUT2D eigenvalue weighted by Crippen LogP contribution is -2.50. The van der Waals surface area contributed by atoms with Crippen LogP contribution in [0.1, 0.15) is 20.9 Å². The fourth-order valence-electron chi connectivity index (χ4n) is 4.26. The molecule has 0 aliphatic carbocycles. The van der Waals surface area contributed by atoms with Crippen LogP contribution in [0.2, 0.25) is 0 Å². The number of piperazine rings is 1. The molecule has 0 radical (unpaired) electrons. The lowest BCUT2D eigenvalue weighted by atomic mass is 10.1. The van der Waals surface area contributed by atoms with E-state index in [1.165, 1.54) is 0 Å². The lowest BCUT2D eigenvalue weighted by Gasteiger charge is -2.36. The summed E-state index contributed by atoms with van der Waals surface area (Å²) >= 11 is 1.67. The summed E-state index contributed by atoms with van der Waals surface area (Å²) in [5.41, 5.74) is 2.72. The normalized spacial score (nSPS) is 16.0. The van der Waals surface area contributed by atoms with Crippen molar-refractivity contribution in [3.63, 3.8) is 0 Å². The van der Waals surface area contributed by atoms with Crippen LogP contribution in [0, 0.1) is 13.8 Å². The van der Waals surface area contributed by atoms with Crippen LogP contribution in [0.4, 0.5) is 0 Å². The van der Waals surface area contributed by atoms with E-state index in [1.807, 2.05) is 63.4 Å². The number of amides is 1. The van der Waals surface area contributed by atoms with Gasteiger partial charge < -0.3 is 14.7 Å². The van der Waals surface area contributed by atoms with E-state index in [0.29, 0.717) is 13.1 Å². The summed E-state index contributed by atoms with van der Waals surface area (Å²) in [5.74, 6) is 0.815. The molecular formula is C26H34N4O3S. The average Bonchev–Trinajstić information content (AvgIpc) is 3.21. The van der Waals surface area contributed by atoms with Gasteiger partial charge in [0.1, 0.15) is 18.5 Å². The Hall–Kier alpha value is -2.52. The quantitative estimate of drug-likeness (QED) is 0.506. The smallest absolute Gasteiger partial charge is 0.253 e. The number of hydrogen-bond acceptors (Lipinski definition) is 7. The third-order valence-corrected chi connectivity index (χ3v) is 7.27. The molecule has 1 aliphatic heterocycles. The zero-order valence-corrected chi connectivity index (χ0v) is 21.1. The van der Waals surface area contributed by atoms with Crippen molar-refractivity contribution in [3.05, 3.63) is 58.6 Å². The van der Waals surface area contributed by atoms with Gasteiger partial charge in [0, 0.05) is 64.5 Å². The third kappa shape index (κ3) is 6.33. The van der Waals surface area contributed by atoms with Gasteiger partial charge in [0.2, 0.25) is 0 Å². The highest BCUT2D eigenvalue weighted by Gasteiger charge is 2.21. The first-order valence-corrected chi connectivity index (χ1v) is 12.6. The molecule has 1 aliphatic rings. The van der Waals surface area contributed by atoms with Gasteiger partial charge >= 0.3 is 0 Å². The summed E-state index contributed by atoms with van der Waals surface area (Å²) in [4.78, 5) is 23.7. The van der Waals surface area contributed by atoms with Gasteiger partial charge in [-0.1, -0.05) is 18.2 Å². The summed E-state index contributed by atoms with van der Waals surface area (Å²) in [6.07, 6.45) is -0.544. The minimum Gasteiger partial charge on any atom is -0.491 e. The number of thiazole rings is 1. The van der Waals surface area contributed by atoms with Crippen LogP contribution < -0.4 is 4.74 Å². The fraction of sp³-hybridized carbons (Fsp3) is 0.462. The molecule has 1 saturated heterocycles. The number of benzene rings is 2. The Bertz CT molecular complexity index is 1110. The van der Waals surface area contributed by atoms with Crippen molar-refractivity contribution in [1.29, 1.82) is 0 Å². The number of likely N-dealkylation sites (N-methyl/N-ethyl adjacent to an activating group) is 1. The second kappa shape index (κ2) is 11.3. The fourth-order valence-corrected chi connectivity index (χ4v) is 5.07. The van der Waals surface area contributed by atoms with Crippen LogP contribution in [0.25, 0.3) is 10.2 Å². The topological polar surface area (TPSA) is 69.1 Å². The van der Waals surface area contributed by atoms with Crippen molar-refractivity contribution < 1.29 is 14.6 Å². The molecule has 7 nitrogen and oxygen atoms in total. The van der Waals surface area contributed by atoms with Crippen LogP contribution in [-0.4, -0.2) is 96.3 Å². The van der Waals surface area contributed by atoms with E-state index < -0.39 is 6.10 Å². The maximum atomic E-state index is 12.7. The maximum absolute atomic E-state index is 12.7. The number of rotatable bonds is 9. The van der Waals surface area contributed by atoms with E-state index in [2.05, 4.69) is 14.8 Å². The number of carbonyl (C=O) groups excluding carboxylic acids is 1. The molecule has 0 saturated carbocycles. The molecule has 3 aromatic rings. The molecule has 1 atom stereocenters. The maximum Gasteiger partial charge on any atom is 0.253 e. The molecular weight excluding hydrogens is 448 g/mol. The van der Waals surface area contributed by atoms with Gasteiger partial charge in [-0.2, -0.15) is 0 Å². The van der Waals surface area contributed by atoms with E-state index in [9.17, 15) is 9.90 Å². The van der Waals surface area contributed by atoms with Gasteiger partial charge in [0.25, 0.3) is 5.91 Å². The molecule has 1 aromatic heterocycles. The molecule has 4 rings (SSSR count). The van der Waals surface area contributed by atoms with Gasteiger partial charge in [-0.15, -0.1) is 11.3 Å². The first-order valence-electron chi connectivity index (χ1n) is 11.8. The number of nitrogens with zero attached hydrogens (tertiary/aromatic N) is 4. The minimum atomic E-state index is -0.544. The van der Waals surface area contributed by atoms with E-state index in [4.69, 9.17) is 4.74 Å². The predicted octanol–water partition coefficient (Wildman–Crippen LogP) is 3.04. The Balaban J connectivity index is 1.15. The number of carbonyl (C=O) groups is 1. The van der Waals surface area contributed by atoms with Gasteiger partial charge in [0.15, 0.2) is 0 Å². The zero-order valence-electron chi connectivity index (χ0n) is 20.2. The lowest BCUT2D eigenvalue weighted by molar-refractivity contribution is 0.0439. The molecule has 1 amide bonds. The van der Waals surface area contributed by atoms with Crippen LogP contribution in [0.15, 0.2) is 42.5 Å². The number of aryl methyl sites for hydroxylation is 2. The Labute approximate surface area is 205 Å². The number of ether oxygens (including phenoxy) is 1. The van der Waals surface area contributed by atoms with Gasteiger partial charge in [-0.05, 0) is 37.6 Å². The van der Waals surface area contributed by atoms with Crippen molar-refractivity contribution in [2.45, 2.75) is 20.0 Å². The Kier molecular flexibility index (Phi) is 8.15. The molecule has 34 heavy (non-hydrogen) atoms. The van der Waals surface area contributed by atoms with Crippen molar-refractivity contribution in [1.82, 2.24) is 19.7 Å². The zero-order chi connectivity index (χ0) is 24.1. The highest BCUT2D eigenvalue weighted by atomic mass is 32.1. The van der Waals surface area contributed by atoms with Crippen LogP contribution in [0.3, 0.4) is 0 Å². The van der Waals surface area contributed by atoms with Gasteiger partial charge in [-0.3, -0.25) is 14.6 Å². The van der Waals surface area contributed by atoms with E-state index >= 15 is 0 Å². The highest BCUT2D eigenvalue weighted by molar-refractivity contribution is 7.18. The van der Waals surface area contributed by atoms with E-state index in [0.717, 1.165) is 64.8 Å². The Morgan fingerprint density at radius 1 is 1.15 bits per heavy atom. The molecule has 1 N–H and O–H groups in total. The van der Waals surface area contributed by atoms with E-state index in [1.54, 1.807) is 16.2 Å². The van der Waals surface area contributed by atoms with Crippen LogP contribution in [-0.2, 0) is 0 Å². The van der Waals surface area contributed by atoms with Gasteiger partial charge in [0.05, 0.1) is 15.2 Å². The SMILES string of the molecule is Cc1nc2cc(OCC(O)CN3CCN(CCN(C)C(=O)c4ccccc4C)CC3)ccc2s1. The number of hydrogen-bond donors (Lipinski definition) is 1. The monoisotopic (exact) mass is 482 g/mol. The number of fused-ring (bicyclic) bond motifs is 1. The molecule has 182 valence electrons. The van der Waals surface area contributed by atoms with Crippen molar-refractivity contribution in [2.75, 3.05) is 59.5 Å². The molecule has 8 heteroatoms. The predicted molar refractivity (Wildman–Crippen MR) is 137 cm³/mol. The third-order valence-electron chi connectivity index (χ3n) is 6.32. The van der Waals surface area contributed by atoms with E-state index in [-0.39, 0.29) is 12.5 Å². The van der Waals surface area contributed by atoms with Crippen LogP contribution in [0.5, 0.6) is 5.75 Å². The highest BCUT2D eigenvalue weighted by Crippen LogP contribution is 2.25. The molecule has 0 bridgehead atoms. The molecule has 2 heterocycles. The summed E-state index contributed by atoms with van der Waals surface area (Å²) in [7, 11) is 1.87. The first kappa shape index (κ1) is 24.6. The Morgan fingerprint density at radius 2 is 1.88 bits per heavy atom. The average molecular weight is 483 g/mol. The van der Waals surface area contributed by atoms with Crippen molar-refractivity contribution in [3.8, 4) is 5.75 Å². The summed E-state index contributed by atoms with van der Waals surface area (Å²) in [6.45, 7) is 10.0. The minimum absolute atomic E-state index is 0.0731. The number of β-amino-alcohol motifs (C(OH)–C–C–N with tert-alkyl or cyclic N) is 1. The molecule has 0 spiro atoms. The second-order valence-electron chi connectivity index (χ2n) is 9.01. The number of aliphatic hydroxyl groups is 1. The molecule has 2 aromatic carbocycles. The summed E-state index contributed by atoms with van der Waals surface area (Å²) < 4.78 is 6.97. The van der Waals surface area contributed by atoms with Gasteiger partial charge in [-0.25, -0.2) is 4.98 Å². The van der Waals surface area contributed by atoms with Crippen LogP contribution >= 0.6 is 11.3 Å². The Morgan fingerprint density at radius 3 is 2.65 bits per heavy atom.